The molecule has 11 heavy (non-hydrogen) atoms. The van der Waals surface area contributed by atoms with Gasteiger partial charge in [0.25, 0.3) is 0 Å². The predicted octanol–water partition coefficient (Wildman–Crippen LogP) is 2.30. The number of hydrogen-bond acceptors (Lipinski definition) is 2. The van der Waals surface area contributed by atoms with Gasteiger partial charge < -0.3 is 0 Å². The number of nitrogens with zero attached hydrogens (tertiary/aromatic N) is 4. The SMILES string of the molecule is N#Cc1[c]cccc1N=[N+]=[N-]. The molecule has 0 unspecified atom stereocenters. The summed E-state index contributed by atoms with van der Waals surface area (Å²) in [5, 5.41) is 11.8. The minimum atomic E-state index is 0.269. The quantitative estimate of drug-likeness (QED) is 0.337. The van der Waals surface area contributed by atoms with E-state index in [-0.39, 0.29) is 5.56 Å². The second-order valence-corrected chi connectivity index (χ2v) is 1.73. The first-order valence-corrected chi connectivity index (χ1v) is 2.84. The van der Waals surface area contributed by atoms with Gasteiger partial charge in [0, 0.05) is 11.0 Å². The van der Waals surface area contributed by atoms with Gasteiger partial charge in [0.2, 0.25) is 0 Å². The van der Waals surface area contributed by atoms with E-state index in [1.807, 2.05) is 6.07 Å². The van der Waals surface area contributed by atoms with Crippen LogP contribution < -0.4 is 0 Å². The molecule has 0 heterocycles. The van der Waals surface area contributed by atoms with Crippen LogP contribution in [0.1, 0.15) is 5.56 Å². The van der Waals surface area contributed by atoms with Crippen LogP contribution in [0, 0.1) is 17.4 Å². The summed E-state index contributed by atoms with van der Waals surface area (Å²) in [6.07, 6.45) is 0. The molecule has 0 fully saturated rings. The van der Waals surface area contributed by atoms with Crippen LogP contribution >= 0.6 is 0 Å². The molecule has 0 bridgehead atoms. The zero-order chi connectivity index (χ0) is 8.10. The zero-order valence-corrected chi connectivity index (χ0v) is 5.52. The predicted molar refractivity (Wildman–Crippen MR) is 38.8 cm³/mol. The van der Waals surface area contributed by atoms with E-state index in [9.17, 15) is 0 Å². The van der Waals surface area contributed by atoms with Crippen LogP contribution in [0.15, 0.2) is 23.3 Å². The van der Waals surface area contributed by atoms with E-state index in [0.717, 1.165) is 0 Å². The lowest BCUT2D eigenvalue weighted by molar-refractivity contribution is 1.41. The number of benzene rings is 1. The van der Waals surface area contributed by atoms with Crippen LogP contribution in [-0.2, 0) is 0 Å². The Bertz CT molecular complexity index is 344. The minimum absolute atomic E-state index is 0.269. The zero-order valence-electron chi connectivity index (χ0n) is 5.52. The molecular weight excluding hydrogens is 140 g/mol. The molecule has 1 aromatic rings. The second-order valence-electron chi connectivity index (χ2n) is 1.73. The highest BCUT2D eigenvalue weighted by atomic mass is 15.1. The first-order chi connectivity index (χ1) is 5.38. The Morgan fingerprint density at radius 2 is 2.55 bits per heavy atom. The van der Waals surface area contributed by atoms with Crippen molar-refractivity contribution < 1.29 is 0 Å². The molecule has 1 rings (SSSR count). The van der Waals surface area contributed by atoms with Crippen molar-refractivity contribution in [3.63, 3.8) is 0 Å². The third-order valence-corrected chi connectivity index (χ3v) is 1.10. The summed E-state index contributed by atoms with van der Waals surface area (Å²) in [5.74, 6) is 0. The molecule has 0 aliphatic heterocycles. The first-order valence-electron chi connectivity index (χ1n) is 2.84. The Morgan fingerprint density at radius 3 is 3.18 bits per heavy atom. The maximum absolute atomic E-state index is 8.48. The van der Waals surface area contributed by atoms with Gasteiger partial charge in [-0.25, -0.2) is 0 Å². The summed E-state index contributed by atoms with van der Waals surface area (Å²) in [6, 6.07) is 9.32. The summed E-state index contributed by atoms with van der Waals surface area (Å²) in [4.78, 5) is 2.57. The van der Waals surface area contributed by atoms with Gasteiger partial charge in [-0.05, 0) is 5.53 Å². The van der Waals surface area contributed by atoms with Gasteiger partial charge in [-0.15, -0.1) is 0 Å². The van der Waals surface area contributed by atoms with E-state index in [1.165, 1.54) is 0 Å². The molecule has 51 valence electrons. The second kappa shape index (κ2) is 3.25. The van der Waals surface area contributed by atoms with Crippen molar-refractivity contribution in [2.24, 2.45) is 5.11 Å². The highest BCUT2D eigenvalue weighted by Crippen LogP contribution is 2.16. The van der Waals surface area contributed by atoms with Crippen LogP contribution in [0.25, 0.3) is 10.4 Å². The van der Waals surface area contributed by atoms with E-state index in [4.69, 9.17) is 10.8 Å². The molecule has 0 aromatic heterocycles. The molecule has 0 amide bonds. The molecule has 0 saturated carbocycles. The fraction of sp³-hybridized carbons (Fsp3) is 0. The van der Waals surface area contributed by atoms with Crippen molar-refractivity contribution in [3.05, 3.63) is 40.3 Å². The van der Waals surface area contributed by atoms with Crippen molar-refractivity contribution >= 4 is 5.69 Å². The van der Waals surface area contributed by atoms with E-state index in [1.54, 1.807) is 18.2 Å². The molecule has 0 aliphatic rings. The van der Waals surface area contributed by atoms with Gasteiger partial charge in [0.15, 0.2) is 0 Å². The van der Waals surface area contributed by atoms with E-state index < -0.39 is 0 Å². The van der Waals surface area contributed by atoms with Crippen molar-refractivity contribution in [2.75, 3.05) is 0 Å². The van der Waals surface area contributed by atoms with Gasteiger partial charge in [-0.1, -0.05) is 23.3 Å². The Labute approximate surface area is 63.3 Å². The molecule has 1 aromatic carbocycles. The van der Waals surface area contributed by atoms with Gasteiger partial charge in [-0.2, -0.15) is 5.26 Å². The van der Waals surface area contributed by atoms with Crippen molar-refractivity contribution in [2.45, 2.75) is 0 Å². The highest BCUT2D eigenvalue weighted by molar-refractivity contribution is 5.51. The molecule has 1 radical (unpaired) electrons. The summed E-state index contributed by atoms with van der Waals surface area (Å²) in [5.41, 5.74) is 8.66. The number of azide groups is 1. The van der Waals surface area contributed by atoms with Crippen LogP contribution in [0.3, 0.4) is 0 Å². The van der Waals surface area contributed by atoms with Gasteiger partial charge in [-0.3, -0.25) is 0 Å². The topological polar surface area (TPSA) is 72.5 Å². The first kappa shape index (κ1) is 7.13. The number of nitriles is 1. The summed E-state index contributed by atoms with van der Waals surface area (Å²) >= 11 is 0. The number of rotatable bonds is 1. The smallest absolute Gasteiger partial charge is 0.100 e. The molecule has 4 nitrogen and oxygen atoms in total. The average Bonchev–Trinajstić information content (AvgIpc) is 2.06. The summed E-state index contributed by atoms with van der Waals surface area (Å²) in [7, 11) is 0. The van der Waals surface area contributed by atoms with Crippen molar-refractivity contribution in [1.82, 2.24) is 0 Å². The molecule has 0 N–H and O–H groups in total. The largest absolute Gasteiger partial charge is 0.192 e. The Hall–Kier alpha value is -1.98. The summed E-state index contributed by atoms with van der Waals surface area (Å²) in [6.45, 7) is 0. The minimum Gasteiger partial charge on any atom is -0.192 e. The Balaban J connectivity index is 3.25. The lowest BCUT2D eigenvalue weighted by Gasteiger charge is -1.90. The molecule has 0 spiro atoms. The molecule has 0 saturated heterocycles. The monoisotopic (exact) mass is 143 g/mol. The number of hydrogen-bond donors (Lipinski definition) is 0. The van der Waals surface area contributed by atoms with E-state index in [2.05, 4.69) is 16.1 Å². The Kier molecular flexibility index (Phi) is 2.11. The lowest BCUT2D eigenvalue weighted by atomic mass is 10.2. The third kappa shape index (κ3) is 1.48. The van der Waals surface area contributed by atoms with Crippen molar-refractivity contribution in [3.8, 4) is 6.07 Å². The lowest BCUT2D eigenvalue weighted by Crippen LogP contribution is -1.72. The third-order valence-electron chi connectivity index (χ3n) is 1.10. The van der Waals surface area contributed by atoms with Gasteiger partial charge >= 0.3 is 0 Å². The highest BCUT2D eigenvalue weighted by Gasteiger charge is 1.95. The molecular formula is C7H3N4. The van der Waals surface area contributed by atoms with Crippen LogP contribution in [0.2, 0.25) is 0 Å². The van der Waals surface area contributed by atoms with Gasteiger partial charge in [0.05, 0.1) is 11.3 Å². The maximum Gasteiger partial charge on any atom is 0.100 e. The van der Waals surface area contributed by atoms with Gasteiger partial charge in [0.1, 0.15) is 6.07 Å². The molecule has 0 atom stereocenters. The standard InChI is InChI=1S/C7H3N4/c8-5-6-3-1-2-4-7(6)10-11-9/h1-2,4H. The van der Waals surface area contributed by atoms with Crippen LogP contribution in [-0.4, -0.2) is 0 Å². The fourth-order valence-electron chi connectivity index (χ4n) is 0.649. The van der Waals surface area contributed by atoms with E-state index in [0.29, 0.717) is 5.69 Å². The average molecular weight is 143 g/mol. The fourth-order valence-corrected chi connectivity index (χ4v) is 0.649. The van der Waals surface area contributed by atoms with Crippen LogP contribution in [0.4, 0.5) is 5.69 Å². The molecule has 0 aliphatic carbocycles. The van der Waals surface area contributed by atoms with Crippen molar-refractivity contribution in [1.29, 1.82) is 5.26 Å². The maximum atomic E-state index is 8.48. The molecule has 4 heteroatoms. The normalized spacial score (nSPS) is 7.91. The van der Waals surface area contributed by atoms with E-state index >= 15 is 0 Å². The van der Waals surface area contributed by atoms with Crippen LogP contribution in [0.5, 0.6) is 0 Å². The Morgan fingerprint density at radius 1 is 1.73 bits per heavy atom. The summed E-state index contributed by atoms with van der Waals surface area (Å²) < 4.78 is 0.